The molecule has 2 unspecified atom stereocenters. The molecule has 1 heterocycles. The molecule has 3 heteroatoms. The summed E-state index contributed by atoms with van der Waals surface area (Å²) in [7, 11) is 0. The number of benzene rings is 1. The van der Waals surface area contributed by atoms with Crippen LogP contribution < -0.4 is 5.32 Å². The van der Waals surface area contributed by atoms with E-state index in [0.29, 0.717) is 6.42 Å². The highest BCUT2D eigenvalue weighted by atomic mass is 14.9. The normalized spacial score (nSPS) is 13.5. The lowest BCUT2D eigenvalue weighted by atomic mass is 10.0. The Labute approximate surface area is 113 Å². The van der Waals surface area contributed by atoms with E-state index in [1.54, 1.807) is 12.4 Å². The van der Waals surface area contributed by atoms with Gasteiger partial charge in [-0.3, -0.25) is 4.98 Å². The molecule has 0 radical (unpaired) electrons. The molecule has 0 saturated heterocycles. The van der Waals surface area contributed by atoms with Crippen LogP contribution in [-0.4, -0.2) is 4.98 Å². The van der Waals surface area contributed by atoms with Crippen LogP contribution in [0.2, 0.25) is 0 Å². The standard InChI is InChI=1S/C16H17N3/c1-13(14-8-11-18-12-9-14)19-16(7-10-17)15-5-3-2-4-6-15/h2-6,8-9,11-13,16,19H,7H2,1H3. The number of hydrogen-bond donors (Lipinski definition) is 1. The average molecular weight is 251 g/mol. The molecular formula is C16H17N3. The van der Waals surface area contributed by atoms with Gasteiger partial charge in [-0.25, -0.2) is 0 Å². The first-order chi connectivity index (χ1) is 9.31. The van der Waals surface area contributed by atoms with Crippen LogP contribution in [0.15, 0.2) is 54.9 Å². The highest BCUT2D eigenvalue weighted by Gasteiger charge is 2.14. The van der Waals surface area contributed by atoms with E-state index in [9.17, 15) is 0 Å². The molecule has 0 saturated carbocycles. The summed E-state index contributed by atoms with van der Waals surface area (Å²) in [6.07, 6.45) is 4.03. The van der Waals surface area contributed by atoms with E-state index in [1.165, 1.54) is 5.56 Å². The minimum Gasteiger partial charge on any atom is -0.302 e. The van der Waals surface area contributed by atoms with Crippen molar-refractivity contribution in [1.29, 1.82) is 5.26 Å². The van der Waals surface area contributed by atoms with Crippen molar-refractivity contribution in [1.82, 2.24) is 10.3 Å². The molecule has 0 aliphatic carbocycles. The lowest BCUT2D eigenvalue weighted by molar-refractivity contribution is 0.472. The maximum Gasteiger partial charge on any atom is 0.0641 e. The Kier molecular flexibility index (Phi) is 4.66. The number of rotatable bonds is 5. The van der Waals surface area contributed by atoms with E-state index in [-0.39, 0.29) is 12.1 Å². The van der Waals surface area contributed by atoms with Crippen molar-refractivity contribution in [2.24, 2.45) is 0 Å². The predicted octanol–water partition coefficient (Wildman–Crippen LogP) is 3.39. The Morgan fingerprint density at radius 3 is 2.42 bits per heavy atom. The number of pyridine rings is 1. The van der Waals surface area contributed by atoms with Gasteiger partial charge < -0.3 is 5.32 Å². The molecule has 19 heavy (non-hydrogen) atoms. The predicted molar refractivity (Wildman–Crippen MR) is 75.2 cm³/mol. The third-order valence-electron chi connectivity index (χ3n) is 3.15. The number of aromatic nitrogens is 1. The van der Waals surface area contributed by atoms with Crippen molar-refractivity contribution in [3.05, 3.63) is 66.0 Å². The Bertz CT molecular complexity index is 531. The molecule has 0 aliphatic heterocycles. The molecule has 96 valence electrons. The van der Waals surface area contributed by atoms with Crippen LogP contribution in [-0.2, 0) is 0 Å². The van der Waals surface area contributed by atoms with Crippen LogP contribution in [0, 0.1) is 11.3 Å². The number of nitrogens with zero attached hydrogens (tertiary/aromatic N) is 2. The van der Waals surface area contributed by atoms with Gasteiger partial charge >= 0.3 is 0 Å². The second kappa shape index (κ2) is 6.67. The highest BCUT2D eigenvalue weighted by Crippen LogP contribution is 2.21. The summed E-state index contributed by atoms with van der Waals surface area (Å²) in [5.74, 6) is 0. The topological polar surface area (TPSA) is 48.7 Å². The zero-order valence-electron chi connectivity index (χ0n) is 11.0. The van der Waals surface area contributed by atoms with Crippen molar-refractivity contribution in [2.75, 3.05) is 0 Å². The summed E-state index contributed by atoms with van der Waals surface area (Å²) in [5, 5.41) is 12.5. The molecule has 2 atom stereocenters. The molecule has 0 bridgehead atoms. The summed E-state index contributed by atoms with van der Waals surface area (Å²) in [6, 6.07) is 16.5. The zero-order valence-corrected chi connectivity index (χ0v) is 11.0. The second-order valence-electron chi connectivity index (χ2n) is 4.49. The monoisotopic (exact) mass is 251 g/mol. The van der Waals surface area contributed by atoms with Gasteiger partial charge in [0.15, 0.2) is 0 Å². The van der Waals surface area contributed by atoms with Crippen molar-refractivity contribution in [3.63, 3.8) is 0 Å². The molecule has 0 aliphatic rings. The van der Waals surface area contributed by atoms with Gasteiger partial charge in [-0.05, 0) is 30.2 Å². The fourth-order valence-electron chi connectivity index (χ4n) is 2.10. The van der Waals surface area contributed by atoms with Gasteiger partial charge in [-0.1, -0.05) is 30.3 Å². The molecule has 1 aromatic carbocycles. The highest BCUT2D eigenvalue weighted by molar-refractivity contribution is 5.21. The quantitative estimate of drug-likeness (QED) is 0.886. The molecule has 2 aromatic rings. The average Bonchev–Trinajstić information content (AvgIpc) is 2.48. The maximum atomic E-state index is 8.98. The number of hydrogen-bond acceptors (Lipinski definition) is 3. The van der Waals surface area contributed by atoms with Crippen molar-refractivity contribution in [2.45, 2.75) is 25.4 Å². The summed E-state index contributed by atoms with van der Waals surface area (Å²) >= 11 is 0. The smallest absolute Gasteiger partial charge is 0.0641 e. The van der Waals surface area contributed by atoms with Crippen LogP contribution in [0.4, 0.5) is 0 Å². The minimum absolute atomic E-state index is 0.0503. The Morgan fingerprint density at radius 2 is 1.79 bits per heavy atom. The van der Waals surface area contributed by atoms with Crippen molar-refractivity contribution < 1.29 is 0 Å². The third kappa shape index (κ3) is 3.64. The van der Waals surface area contributed by atoms with E-state index >= 15 is 0 Å². The minimum atomic E-state index is 0.0503. The molecule has 2 rings (SSSR count). The first-order valence-corrected chi connectivity index (χ1v) is 6.39. The van der Waals surface area contributed by atoms with Crippen LogP contribution in [0.5, 0.6) is 0 Å². The molecular weight excluding hydrogens is 234 g/mol. The maximum absolute atomic E-state index is 8.98. The van der Waals surface area contributed by atoms with Gasteiger partial charge in [0.25, 0.3) is 0 Å². The van der Waals surface area contributed by atoms with Gasteiger partial charge in [0.1, 0.15) is 0 Å². The third-order valence-corrected chi connectivity index (χ3v) is 3.15. The van der Waals surface area contributed by atoms with E-state index in [2.05, 4.69) is 23.3 Å². The van der Waals surface area contributed by atoms with E-state index in [0.717, 1.165) is 5.56 Å². The fourth-order valence-corrected chi connectivity index (χ4v) is 2.10. The Morgan fingerprint density at radius 1 is 1.11 bits per heavy atom. The lowest BCUT2D eigenvalue weighted by Crippen LogP contribution is -2.24. The fraction of sp³-hybridized carbons (Fsp3) is 0.250. The van der Waals surface area contributed by atoms with E-state index in [4.69, 9.17) is 5.26 Å². The summed E-state index contributed by atoms with van der Waals surface area (Å²) in [5.41, 5.74) is 2.32. The number of nitrogens with one attached hydrogen (secondary N) is 1. The molecule has 1 N–H and O–H groups in total. The van der Waals surface area contributed by atoms with Gasteiger partial charge in [-0.15, -0.1) is 0 Å². The molecule has 1 aromatic heterocycles. The SMILES string of the molecule is CC(NC(CC#N)c1ccccc1)c1ccncc1. The first-order valence-electron chi connectivity index (χ1n) is 6.39. The molecule has 0 spiro atoms. The van der Waals surface area contributed by atoms with E-state index < -0.39 is 0 Å². The van der Waals surface area contributed by atoms with Gasteiger partial charge in [0, 0.05) is 24.5 Å². The van der Waals surface area contributed by atoms with Crippen molar-refractivity contribution >= 4 is 0 Å². The lowest BCUT2D eigenvalue weighted by Gasteiger charge is -2.22. The van der Waals surface area contributed by atoms with E-state index in [1.807, 2.05) is 42.5 Å². The molecule has 0 fully saturated rings. The largest absolute Gasteiger partial charge is 0.302 e. The molecule has 3 nitrogen and oxygen atoms in total. The summed E-state index contributed by atoms with van der Waals surface area (Å²) in [6.45, 7) is 2.10. The van der Waals surface area contributed by atoms with Gasteiger partial charge in [0.2, 0.25) is 0 Å². The van der Waals surface area contributed by atoms with Crippen LogP contribution >= 0.6 is 0 Å². The van der Waals surface area contributed by atoms with Crippen LogP contribution in [0.3, 0.4) is 0 Å². The van der Waals surface area contributed by atoms with Crippen LogP contribution in [0.25, 0.3) is 0 Å². The number of nitriles is 1. The zero-order chi connectivity index (χ0) is 13.5. The van der Waals surface area contributed by atoms with Gasteiger partial charge in [-0.2, -0.15) is 5.26 Å². The summed E-state index contributed by atoms with van der Waals surface area (Å²) < 4.78 is 0. The first kappa shape index (κ1) is 13.3. The Hall–Kier alpha value is -2.18. The molecule has 0 amide bonds. The Balaban J connectivity index is 2.12. The van der Waals surface area contributed by atoms with Gasteiger partial charge in [0.05, 0.1) is 12.5 Å². The summed E-state index contributed by atoms with van der Waals surface area (Å²) in [4.78, 5) is 4.02. The van der Waals surface area contributed by atoms with Crippen molar-refractivity contribution in [3.8, 4) is 6.07 Å². The second-order valence-corrected chi connectivity index (χ2v) is 4.49. The van der Waals surface area contributed by atoms with Crippen LogP contribution in [0.1, 0.15) is 36.6 Å².